The third-order valence-corrected chi connectivity index (χ3v) is 6.07. The number of halogens is 1. The first-order valence-corrected chi connectivity index (χ1v) is 9.37. The Bertz CT molecular complexity index is 982. The molecule has 0 aliphatic heterocycles. The van der Waals surface area contributed by atoms with Crippen molar-refractivity contribution in [1.29, 1.82) is 0 Å². The first-order chi connectivity index (χ1) is 11.4. The van der Waals surface area contributed by atoms with Crippen molar-refractivity contribution in [3.63, 3.8) is 0 Å². The Balaban J connectivity index is 1.93. The van der Waals surface area contributed by atoms with Crippen molar-refractivity contribution in [1.82, 2.24) is 24.3 Å². The van der Waals surface area contributed by atoms with E-state index in [4.69, 9.17) is 11.6 Å². The largest absolute Gasteiger partial charge is 0.324 e. The molecule has 0 atom stereocenters. The fraction of sp³-hybridized carbons (Fsp3) is 0.154. The van der Waals surface area contributed by atoms with E-state index in [1.165, 1.54) is 22.7 Å². The van der Waals surface area contributed by atoms with E-state index >= 15 is 0 Å². The van der Waals surface area contributed by atoms with E-state index in [0.717, 1.165) is 0 Å². The summed E-state index contributed by atoms with van der Waals surface area (Å²) >= 11 is 7.29. The van der Waals surface area contributed by atoms with Gasteiger partial charge < -0.3 is 9.13 Å². The van der Waals surface area contributed by atoms with Crippen LogP contribution < -0.4 is 4.72 Å². The Morgan fingerprint density at radius 2 is 1.92 bits per heavy atom. The molecule has 0 saturated carbocycles. The highest BCUT2D eigenvalue weighted by molar-refractivity contribution is 7.99. The van der Waals surface area contributed by atoms with Crippen molar-refractivity contribution in [2.24, 2.45) is 14.1 Å². The molecule has 8 nitrogen and oxygen atoms in total. The number of anilines is 1. The predicted octanol–water partition coefficient (Wildman–Crippen LogP) is 2.15. The summed E-state index contributed by atoms with van der Waals surface area (Å²) in [6.45, 7) is 0. The summed E-state index contributed by atoms with van der Waals surface area (Å²) in [5.74, 6) is 0. The third-order valence-electron chi connectivity index (χ3n) is 3.09. The molecule has 0 fully saturated rings. The first kappa shape index (κ1) is 16.8. The molecular weight excluding hydrogens is 372 g/mol. The van der Waals surface area contributed by atoms with Gasteiger partial charge in [-0.05, 0) is 23.9 Å². The molecule has 11 heteroatoms. The minimum absolute atomic E-state index is 0.0425. The molecule has 2 aromatic heterocycles. The van der Waals surface area contributed by atoms with Crippen LogP contribution in [0.2, 0.25) is 5.15 Å². The lowest BCUT2D eigenvalue weighted by Gasteiger charge is -2.11. The second-order valence-electron chi connectivity index (χ2n) is 4.88. The molecule has 0 aliphatic carbocycles. The van der Waals surface area contributed by atoms with Gasteiger partial charge in [-0.2, -0.15) is 8.42 Å². The highest BCUT2D eigenvalue weighted by Crippen LogP contribution is 2.33. The number of nitrogens with zero attached hydrogens (tertiary/aromatic N) is 5. The molecule has 0 radical (unpaired) electrons. The number of nitrogens with one attached hydrogen (secondary N) is 1. The predicted molar refractivity (Wildman–Crippen MR) is 90.6 cm³/mol. The van der Waals surface area contributed by atoms with Crippen molar-refractivity contribution in [3.8, 4) is 0 Å². The van der Waals surface area contributed by atoms with Crippen LogP contribution in [0.5, 0.6) is 0 Å². The third kappa shape index (κ3) is 3.25. The summed E-state index contributed by atoms with van der Waals surface area (Å²) in [6, 6.07) is 6.99. The molecule has 3 aromatic rings. The molecule has 126 valence electrons. The van der Waals surface area contributed by atoms with Gasteiger partial charge in [0.15, 0.2) is 5.16 Å². The van der Waals surface area contributed by atoms with Crippen LogP contribution in [0.1, 0.15) is 0 Å². The molecule has 0 bridgehead atoms. The topological polar surface area (TPSA) is 94.7 Å². The highest BCUT2D eigenvalue weighted by atomic mass is 35.5. The van der Waals surface area contributed by atoms with Crippen LogP contribution in [0.15, 0.2) is 52.0 Å². The number of para-hydroxylation sites is 1. The number of hydrogen-bond donors (Lipinski definition) is 1. The van der Waals surface area contributed by atoms with E-state index in [-0.39, 0.29) is 10.2 Å². The van der Waals surface area contributed by atoms with Crippen LogP contribution in [-0.4, -0.2) is 32.7 Å². The molecular formula is C13H13ClN6O2S2. The molecule has 3 rings (SSSR count). The normalized spacial score (nSPS) is 11.6. The van der Waals surface area contributed by atoms with Crippen molar-refractivity contribution in [2.45, 2.75) is 15.1 Å². The molecule has 24 heavy (non-hydrogen) atoms. The minimum atomic E-state index is -3.90. The van der Waals surface area contributed by atoms with Crippen LogP contribution in [0.3, 0.4) is 0 Å². The van der Waals surface area contributed by atoms with Gasteiger partial charge in [0.1, 0.15) is 11.5 Å². The van der Waals surface area contributed by atoms with Crippen LogP contribution in [0.25, 0.3) is 0 Å². The van der Waals surface area contributed by atoms with Crippen LogP contribution in [0.4, 0.5) is 5.69 Å². The van der Waals surface area contributed by atoms with E-state index in [1.807, 2.05) is 13.1 Å². The Morgan fingerprint density at radius 1 is 1.17 bits per heavy atom. The number of benzene rings is 1. The lowest BCUT2D eigenvalue weighted by molar-refractivity contribution is 0.598. The van der Waals surface area contributed by atoms with Gasteiger partial charge in [0.25, 0.3) is 10.0 Å². The number of sulfonamides is 1. The van der Waals surface area contributed by atoms with Crippen LogP contribution in [0, 0.1) is 0 Å². The Labute approximate surface area is 147 Å². The smallest absolute Gasteiger partial charge is 0.282 e. The number of aryl methyl sites for hydroxylation is 2. The quantitative estimate of drug-likeness (QED) is 0.724. The van der Waals surface area contributed by atoms with Crippen LogP contribution in [-0.2, 0) is 24.1 Å². The lowest BCUT2D eigenvalue weighted by Crippen LogP contribution is -2.14. The molecule has 1 N–H and O–H groups in total. The lowest BCUT2D eigenvalue weighted by atomic mass is 10.3. The van der Waals surface area contributed by atoms with Crippen molar-refractivity contribution >= 4 is 39.1 Å². The summed E-state index contributed by atoms with van der Waals surface area (Å²) in [5.41, 5.74) is 0.409. The van der Waals surface area contributed by atoms with Crippen molar-refractivity contribution in [2.75, 3.05) is 4.72 Å². The van der Waals surface area contributed by atoms with Gasteiger partial charge in [0.2, 0.25) is 5.03 Å². The fourth-order valence-corrected chi connectivity index (χ4v) is 4.30. The van der Waals surface area contributed by atoms with E-state index in [2.05, 4.69) is 19.9 Å². The summed E-state index contributed by atoms with van der Waals surface area (Å²) in [6.07, 6.45) is 2.92. The van der Waals surface area contributed by atoms with Crippen molar-refractivity contribution < 1.29 is 8.42 Å². The molecule has 1 aromatic carbocycles. The fourth-order valence-electron chi connectivity index (χ4n) is 1.87. The van der Waals surface area contributed by atoms with Gasteiger partial charge >= 0.3 is 0 Å². The number of imidazole rings is 1. The molecule has 0 spiro atoms. The molecule has 0 unspecified atom stereocenters. The number of aromatic nitrogens is 5. The summed E-state index contributed by atoms with van der Waals surface area (Å²) in [7, 11) is -0.479. The Kier molecular flexibility index (Phi) is 4.52. The maximum Gasteiger partial charge on any atom is 0.282 e. The van der Waals surface area contributed by atoms with E-state index in [9.17, 15) is 8.42 Å². The van der Waals surface area contributed by atoms with Crippen LogP contribution >= 0.6 is 23.4 Å². The van der Waals surface area contributed by atoms with Gasteiger partial charge in [0, 0.05) is 19.0 Å². The van der Waals surface area contributed by atoms with Gasteiger partial charge in [-0.1, -0.05) is 23.7 Å². The second kappa shape index (κ2) is 6.46. The molecule has 2 heterocycles. The maximum atomic E-state index is 12.5. The summed E-state index contributed by atoms with van der Waals surface area (Å²) in [4.78, 5) is 4.53. The van der Waals surface area contributed by atoms with Gasteiger partial charge in [-0.25, -0.2) is 4.98 Å². The Morgan fingerprint density at radius 3 is 2.54 bits per heavy atom. The SMILES string of the molecule is Cn1cnnc1Sc1ccccc1NS(=O)(=O)c1ncn(C)c1Cl. The van der Waals surface area contributed by atoms with Gasteiger partial charge in [0.05, 0.1) is 12.0 Å². The maximum absolute atomic E-state index is 12.5. The Hall–Kier alpha value is -2.04. The van der Waals surface area contributed by atoms with Gasteiger partial charge in [-0.3, -0.25) is 4.72 Å². The summed E-state index contributed by atoms with van der Waals surface area (Å²) < 4.78 is 30.8. The van der Waals surface area contributed by atoms with E-state index in [0.29, 0.717) is 15.7 Å². The average Bonchev–Trinajstić information content (AvgIpc) is 3.08. The van der Waals surface area contributed by atoms with Crippen molar-refractivity contribution in [3.05, 3.63) is 42.1 Å². The average molecular weight is 385 g/mol. The number of hydrogen-bond acceptors (Lipinski definition) is 6. The van der Waals surface area contributed by atoms with E-state index in [1.54, 1.807) is 36.1 Å². The van der Waals surface area contributed by atoms with E-state index < -0.39 is 10.0 Å². The summed E-state index contributed by atoms with van der Waals surface area (Å²) in [5, 5.41) is 8.26. The molecule has 0 aliphatic rings. The first-order valence-electron chi connectivity index (χ1n) is 6.69. The molecule has 0 amide bonds. The standard InChI is InChI=1S/C13H13ClN6O2S2/c1-19-7-15-12(11(19)14)24(21,22)18-9-5-3-4-6-10(9)23-13-17-16-8-20(13)2/h3-8,18H,1-2H3. The zero-order valence-corrected chi connectivity index (χ0v) is 15.1. The zero-order valence-electron chi connectivity index (χ0n) is 12.7. The highest BCUT2D eigenvalue weighted by Gasteiger charge is 2.23. The minimum Gasteiger partial charge on any atom is -0.324 e. The van der Waals surface area contributed by atoms with Gasteiger partial charge in [-0.15, -0.1) is 10.2 Å². The second-order valence-corrected chi connectivity index (χ2v) is 7.84. The number of rotatable bonds is 5. The zero-order chi connectivity index (χ0) is 17.3. The molecule has 0 saturated heterocycles. The monoisotopic (exact) mass is 384 g/mol.